The number of rotatable bonds is 6. The van der Waals surface area contributed by atoms with Crippen LogP contribution in [0.25, 0.3) is 0 Å². The second-order valence-electron chi connectivity index (χ2n) is 8.53. The maximum atomic E-state index is 13.0. The molecule has 0 fully saturated rings. The van der Waals surface area contributed by atoms with Gasteiger partial charge in [-0.1, -0.05) is 50.2 Å². The van der Waals surface area contributed by atoms with E-state index in [0.29, 0.717) is 12.3 Å². The van der Waals surface area contributed by atoms with E-state index < -0.39 is 6.10 Å². The van der Waals surface area contributed by atoms with Crippen molar-refractivity contribution in [3.8, 4) is 5.75 Å². The number of carbonyl (C=O) groups is 2. The van der Waals surface area contributed by atoms with Gasteiger partial charge in [-0.05, 0) is 56.0 Å². The minimum Gasteiger partial charge on any atom is -0.481 e. The lowest BCUT2D eigenvalue weighted by Gasteiger charge is -2.39. The summed E-state index contributed by atoms with van der Waals surface area (Å²) in [7, 11) is 0. The highest BCUT2D eigenvalue weighted by molar-refractivity contribution is 5.81. The highest BCUT2D eigenvalue weighted by atomic mass is 16.5. The van der Waals surface area contributed by atoms with E-state index in [0.717, 1.165) is 17.5 Å². The van der Waals surface area contributed by atoms with Gasteiger partial charge in [0.2, 0.25) is 5.91 Å². The molecule has 2 amide bonds. The molecular weight excluding hydrogens is 376 g/mol. The van der Waals surface area contributed by atoms with Gasteiger partial charge in [0.05, 0.1) is 6.04 Å². The summed E-state index contributed by atoms with van der Waals surface area (Å²) in [6, 6.07) is 16.0. The van der Waals surface area contributed by atoms with Gasteiger partial charge in [0, 0.05) is 18.5 Å². The molecule has 1 aliphatic rings. The molecule has 3 rings (SSSR count). The first-order valence-corrected chi connectivity index (χ1v) is 10.7. The molecule has 0 bridgehead atoms. The molecule has 0 aliphatic carbocycles. The van der Waals surface area contributed by atoms with Crippen molar-refractivity contribution in [1.82, 2.24) is 10.2 Å². The van der Waals surface area contributed by atoms with Crippen LogP contribution in [0.2, 0.25) is 0 Å². The number of ether oxygens (including phenoxy) is 1. The molecule has 5 heteroatoms. The zero-order valence-electron chi connectivity index (χ0n) is 18.5. The van der Waals surface area contributed by atoms with Gasteiger partial charge in [-0.2, -0.15) is 0 Å². The molecule has 30 heavy (non-hydrogen) atoms. The van der Waals surface area contributed by atoms with Crippen molar-refractivity contribution < 1.29 is 14.3 Å². The van der Waals surface area contributed by atoms with E-state index in [9.17, 15) is 9.59 Å². The summed E-state index contributed by atoms with van der Waals surface area (Å²) in [5.41, 5.74) is 3.36. The van der Waals surface area contributed by atoms with E-state index in [2.05, 4.69) is 23.5 Å². The summed E-state index contributed by atoms with van der Waals surface area (Å²) in [4.78, 5) is 27.2. The summed E-state index contributed by atoms with van der Waals surface area (Å²) in [6.45, 7) is 10.2. The zero-order chi connectivity index (χ0) is 21.8. The van der Waals surface area contributed by atoms with Crippen LogP contribution in [0.4, 0.5) is 0 Å². The Hall–Kier alpha value is -2.82. The Balaban J connectivity index is 1.95. The van der Waals surface area contributed by atoms with Gasteiger partial charge in [0.1, 0.15) is 5.75 Å². The average molecular weight is 409 g/mol. The van der Waals surface area contributed by atoms with E-state index in [-0.39, 0.29) is 29.8 Å². The van der Waals surface area contributed by atoms with Crippen molar-refractivity contribution in [2.45, 2.75) is 59.2 Å². The van der Waals surface area contributed by atoms with E-state index in [4.69, 9.17) is 4.74 Å². The Morgan fingerprint density at radius 2 is 1.73 bits per heavy atom. The van der Waals surface area contributed by atoms with Crippen LogP contribution >= 0.6 is 0 Å². The highest BCUT2D eigenvalue weighted by Gasteiger charge is 2.33. The molecule has 0 saturated carbocycles. The fourth-order valence-corrected chi connectivity index (χ4v) is 3.89. The molecule has 1 N–H and O–H groups in total. The van der Waals surface area contributed by atoms with E-state index in [1.165, 1.54) is 5.56 Å². The summed E-state index contributed by atoms with van der Waals surface area (Å²) >= 11 is 0. The van der Waals surface area contributed by atoms with Crippen molar-refractivity contribution in [3.63, 3.8) is 0 Å². The maximum absolute atomic E-state index is 13.0. The summed E-state index contributed by atoms with van der Waals surface area (Å²) in [5.74, 6) is 0.571. The molecule has 1 heterocycles. The number of hydrogen-bond donors (Lipinski definition) is 1. The molecule has 2 atom stereocenters. The lowest BCUT2D eigenvalue weighted by Crippen LogP contribution is -2.42. The summed E-state index contributed by atoms with van der Waals surface area (Å²) < 4.78 is 5.95. The molecule has 160 valence electrons. The molecule has 5 nitrogen and oxygen atoms in total. The van der Waals surface area contributed by atoms with Gasteiger partial charge in [-0.15, -0.1) is 0 Å². The topological polar surface area (TPSA) is 58.6 Å². The average Bonchev–Trinajstić information content (AvgIpc) is 2.72. The third kappa shape index (κ3) is 4.84. The minimum atomic E-state index is -0.599. The van der Waals surface area contributed by atoms with Crippen molar-refractivity contribution in [3.05, 3.63) is 65.2 Å². The van der Waals surface area contributed by atoms with Crippen LogP contribution in [0.15, 0.2) is 48.5 Å². The van der Waals surface area contributed by atoms with Gasteiger partial charge >= 0.3 is 0 Å². The number of benzene rings is 2. The SMILES string of the molecule is CC(C)NC(=O)[C@H](C)Oc1ccc2c(c1)[C@@H](c1ccccc1)N(C(=O)C(C)C)CC2. The quantitative estimate of drug-likeness (QED) is 0.783. The molecule has 0 aromatic heterocycles. The first kappa shape index (κ1) is 21.9. The van der Waals surface area contributed by atoms with Crippen LogP contribution in [0.3, 0.4) is 0 Å². The fraction of sp³-hybridized carbons (Fsp3) is 0.440. The number of hydrogen-bond acceptors (Lipinski definition) is 3. The Kier molecular flexibility index (Phi) is 6.80. The monoisotopic (exact) mass is 408 g/mol. The summed E-state index contributed by atoms with van der Waals surface area (Å²) in [5, 5.41) is 2.88. The first-order valence-electron chi connectivity index (χ1n) is 10.7. The number of nitrogens with zero attached hydrogens (tertiary/aromatic N) is 1. The Morgan fingerprint density at radius 1 is 1.03 bits per heavy atom. The van der Waals surface area contributed by atoms with Crippen molar-refractivity contribution in [2.24, 2.45) is 5.92 Å². The number of nitrogens with one attached hydrogen (secondary N) is 1. The van der Waals surface area contributed by atoms with Gasteiger partial charge in [0.25, 0.3) is 5.91 Å². The highest BCUT2D eigenvalue weighted by Crippen LogP contribution is 2.38. The molecule has 0 radical (unpaired) electrons. The first-order chi connectivity index (χ1) is 14.3. The largest absolute Gasteiger partial charge is 0.481 e. The zero-order valence-corrected chi connectivity index (χ0v) is 18.5. The number of amides is 2. The normalized spacial score (nSPS) is 16.9. The van der Waals surface area contributed by atoms with Crippen LogP contribution in [0.1, 0.15) is 57.4 Å². The van der Waals surface area contributed by atoms with Crippen LogP contribution < -0.4 is 10.1 Å². The van der Waals surface area contributed by atoms with Crippen LogP contribution in [-0.2, 0) is 16.0 Å². The van der Waals surface area contributed by atoms with Gasteiger partial charge in [-0.25, -0.2) is 0 Å². The molecule has 2 aromatic rings. The molecule has 0 spiro atoms. The van der Waals surface area contributed by atoms with Crippen molar-refractivity contribution >= 4 is 11.8 Å². The third-order valence-electron chi connectivity index (χ3n) is 5.35. The van der Waals surface area contributed by atoms with Gasteiger partial charge in [-0.3, -0.25) is 9.59 Å². The fourth-order valence-electron chi connectivity index (χ4n) is 3.89. The van der Waals surface area contributed by atoms with Gasteiger partial charge < -0.3 is 15.0 Å². The molecular formula is C25H32N2O3. The predicted molar refractivity (Wildman–Crippen MR) is 118 cm³/mol. The van der Waals surface area contributed by atoms with Crippen LogP contribution in [0, 0.1) is 5.92 Å². The maximum Gasteiger partial charge on any atom is 0.260 e. The Morgan fingerprint density at radius 3 is 2.37 bits per heavy atom. The Bertz CT molecular complexity index is 893. The van der Waals surface area contributed by atoms with E-state index >= 15 is 0 Å². The minimum absolute atomic E-state index is 0.0603. The molecule has 2 aromatic carbocycles. The van der Waals surface area contributed by atoms with E-state index in [1.54, 1.807) is 6.92 Å². The lowest BCUT2D eigenvalue weighted by molar-refractivity contribution is -0.136. The van der Waals surface area contributed by atoms with Crippen LogP contribution in [0.5, 0.6) is 5.75 Å². The van der Waals surface area contributed by atoms with Crippen molar-refractivity contribution in [2.75, 3.05) is 6.54 Å². The molecule has 1 aliphatic heterocycles. The standard InChI is InChI=1S/C25H32N2O3/c1-16(2)25(29)27-14-13-19-11-12-21(30-18(5)24(28)26-17(3)4)15-22(19)23(27)20-9-7-6-8-10-20/h6-12,15-18,23H,13-14H2,1-5H3,(H,26,28)/t18-,23+/m0/s1. The predicted octanol–water partition coefficient (Wildman–Crippen LogP) is 4.11. The van der Waals surface area contributed by atoms with Crippen molar-refractivity contribution in [1.29, 1.82) is 0 Å². The van der Waals surface area contributed by atoms with Crippen LogP contribution in [-0.4, -0.2) is 35.4 Å². The summed E-state index contributed by atoms with van der Waals surface area (Å²) in [6.07, 6.45) is 0.207. The number of fused-ring (bicyclic) bond motifs is 1. The molecule has 0 saturated heterocycles. The Labute approximate surface area is 179 Å². The van der Waals surface area contributed by atoms with E-state index in [1.807, 2.05) is 62.9 Å². The smallest absolute Gasteiger partial charge is 0.260 e. The molecule has 0 unspecified atom stereocenters. The second kappa shape index (κ2) is 9.33. The van der Waals surface area contributed by atoms with Gasteiger partial charge in [0.15, 0.2) is 6.10 Å². The third-order valence-corrected chi connectivity index (χ3v) is 5.35. The lowest BCUT2D eigenvalue weighted by atomic mass is 9.87. The number of carbonyl (C=O) groups excluding carboxylic acids is 2. The second-order valence-corrected chi connectivity index (χ2v) is 8.53.